The molecule has 2 atom stereocenters. The largest absolute Gasteiger partial charge is 0.468 e. The number of hydrogen-bond acceptors (Lipinski definition) is 4. The monoisotopic (exact) mass is 195 g/mol. The lowest BCUT2D eigenvalue weighted by atomic mass is 9.96. The molecule has 0 aromatic rings. The zero-order valence-electron chi connectivity index (χ0n) is 8.08. The number of carbonyl (C=O) groups excluding carboxylic acids is 2. The summed E-state index contributed by atoms with van der Waals surface area (Å²) in [6, 6.07) is 0. The topological polar surface area (TPSA) is 69.4 Å². The SMILES string of the molecule is COC(=O)[C@@]1(N)CC2=CC(=O)C[C@@H]2C1. The van der Waals surface area contributed by atoms with Gasteiger partial charge in [0.1, 0.15) is 5.54 Å². The van der Waals surface area contributed by atoms with Crippen molar-refractivity contribution in [3.05, 3.63) is 11.6 Å². The smallest absolute Gasteiger partial charge is 0.326 e. The highest BCUT2D eigenvalue weighted by Crippen LogP contribution is 2.43. The summed E-state index contributed by atoms with van der Waals surface area (Å²) in [6.07, 6.45) is 3.14. The molecule has 0 saturated heterocycles. The second-order valence-electron chi connectivity index (χ2n) is 4.12. The molecular formula is C10H13NO3. The van der Waals surface area contributed by atoms with Crippen molar-refractivity contribution in [1.82, 2.24) is 0 Å². The van der Waals surface area contributed by atoms with Gasteiger partial charge >= 0.3 is 5.97 Å². The number of ketones is 1. The molecule has 0 aromatic carbocycles. The number of ether oxygens (including phenoxy) is 1. The van der Waals surface area contributed by atoms with E-state index in [1.165, 1.54) is 7.11 Å². The van der Waals surface area contributed by atoms with E-state index in [9.17, 15) is 9.59 Å². The van der Waals surface area contributed by atoms with Crippen LogP contribution in [0.25, 0.3) is 0 Å². The molecule has 0 bridgehead atoms. The molecule has 2 aliphatic carbocycles. The molecule has 4 heteroatoms. The summed E-state index contributed by atoms with van der Waals surface area (Å²) in [5, 5.41) is 0. The van der Waals surface area contributed by atoms with Gasteiger partial charge in [0.2, 0.25) is 0 Å². The number of methoxy groups -OCH3 is 1. The standard InChI is InChI=1S/C10H13NO3/c1-14-9(13)10(11)4-6-2-8(12)3-7(6)5-10/h2,7H,3-5,11H2,1H3/t7-,10-/m1/s1. The van der Waals surface area contributed by atoms with Crippen molar-refractivity contribution in [2.75, 3.05) is 7.11 Å². The molecule has 1 saturated carbocycles. The predicted octanol–water partition coefficient (Wildman–Crippen LogP) is 0.166. The van der Waals surface area contributed by atoms with E-state index in [1.54, 1.807) is 6.08 Å². The Labute approximate surface area is 82.1 Å². The van der Waals surface area contributed by atoms with Crippen molar-refractivity contribution in [3.8, 4) is 0 Å². The quantitative estimate of drug-likeness (QED) is 0.605. The molecule has 2 N–H and O–H groups in total. The van der Waals surface area contributed by atoms with Gasteiger partial charge in [-0.1, -0.05) is 5.57 Å². The molecule has 2 rings (SSSR count). The molecule has 0 aromatic heterocycles. The highest BCUT2D eigenvalue weighted by molar-refractivity contribution is 5.95. The van der Waals surface area contributed by atoms with Crippen LogP contribution in [0.15, 0.2) is 11.6 Å². The molecule has 2 aliphatic rings. The van der Waals surface area contributed by atoms with Crippen LogP contribution in [0.5, 0.6) is 0 Å². The fourth-order valence-electron chi connectivity index (χ4n) is 2.39. The molecule has 1 fully saturated rings. The first-order valence-electron chi connectivity index (χ1n) is 4.66. The third-order valence-electron chi connectivity index (χ3n) is 3.04. The molecule has 0 heterocycles. The van der Waals surface area contributed by atoms with E-state index >= 15 is 0 Å². The summed E-state index contributed by atoms with van der Waals surface area (Å²) in [4.78, 5) is 22.5. The maximum atomic E-state index is 11.4. The zero-order chi connectivity index (χ0) is 10.3. The van der Waals surface area contributed by atoms with Crippen LogP contribution in [0, 0.1) is 5.92 Å². The van der Waals surface area contributed by atoms with Crippen LogP contribution in [0.1, 0.15) is 19.3 Å². The molecule has 0 spiro atoms. The Morgan fingerprint density at radius 1 is 1.71 bits per heavy atom. The maximum absolute atomic E-state index is 11.4. The minimum atomic E-state index is -0.897. The number of carbonyl (C=O) groups is 2. The minimum Gasteiger partial charge on any atom is -0.468 e. The van der Waals surface area contributed by atoms with Gasteiger partial charge in [-0.25, -0.2) is 0 Å². The van der Waals surface area contributed by atoms with Crippen molar-refractivity contribution in [1.29, 1.82) is 0 Å². The number of allylic oxidation sites excluding steroid dienone is 1. The van der Waals surface area contributed by atoms with Gasteiger partial charge in [0.15, 0.2) is 5.78 Å². The molecule has 14 heavy (non-hydrogen) atoms. The molecule has 0 unspecified atom stereocenters. The van der Waals surface area contributed by atoms with Crippen LogP contribution in [0.3, 0.4) is 0 Å². The molecule has 0 amide bonds. The van der Waals surface area contributed by atoms with Gasteiger partial charge < -0.3 is 10.5 Å². The van der Waals surface area contributed by atoms with Gasteiger partial charge in [-0.15, -0.1) is 0 Å². The van der Waals surface area contributed by atoms with Crippen LogP contribution in [0.2, 0.25) is 0 Å². The van der Waals surface area contributed by atoms with Gasteiger partial charge in [-0.2, -0.15) is 0 Å². The second kappa shape index (κ2) is 2.92. The number of fused-ring (bicyclic) bond motifs is 1. The van der Waals surface area contributed by atoms with Crippen LogP contribution in [0.4, 0.5) is 0 Å². The first-order valence-corrected chi connectivity index (χ1v) is 4.66. The van der Waals surface area contributed by atoms with Gasteiger partial charge in [-0.05, 0) is 24.8 Å². The summed E-state index contributed by atoms with van der Waals surface area (Å²) in [5.74, 6) is -0.0521. The fraction of sp³-hybridized carbons (Fsp3) is 0.600. The van der Waals surface area contributed by atoms with Gasteiger partial charge in [0.05, 0.1) is 7.11 Å². The average molecular weight is 195 g/mol. The molecular weight excluding hydrogens is 182 g/mol. The predicted molar refractivity (Wildman–Crippen MR) is 49.4 cm³/mol. The normalized spacial score (nSPS) is 35.4. The van der Waals surface area contributed by atoms with E-state index in [4.69, 9.17) is 5.73 Å². The van der Waals surface area contributed by atoms with Gasteiger partial charge in [0.25, 0.3) is 0 Å². The van der Waals surface area contributed by atoms with Crippen LogP contribution >= 0.6 is 0 Å². The third kappa shape index (κ3) is 1.26. The molecule has 0 aliphatic heterocycles. The van der Waals surface area contributed by atoms with E-state index in [-0.39, 0.29) is 17.7 Å². The first kappa shape index (κ1) is 9.40. The van der Waals surface area contributed by atoms with E-state index in [2.05, 4.69) is 4.74 Å². The molecule has 4 nitrogen and oxygen atoms in total. The lowest BCUT2D eigenvalue weighted by Gasteiger charge is -2.20. The van der Waals surface area contributed by atoms with Crippen molar-refractivity contribution in [2.45, 2.75) is 24.8 Å². The summed E-state index contributed by atoms with van der Waals surface area (Å²) in [7, 11) is 1.34. The van der Waals surface area contributed by atoms with E-state index < -0.39 is 5.54 Å². The summed E-state index contributed by atoms with van der Waals surface area (Å²) < 4.78 is 4.65. The second-order valence-corrected chi connectivity index (χ2v) is 4.12. The number of rotatable bonds is 1. The van der Waals surface area contributed by atoms with Crippen LogP contribution < -0.4 is 5.73 Å². The number of nitrogens with two attached hydrogens (primary N) is 1. The summed E-state index contributed by atoms with van der Waals surface area (Å²) >= 11 is 0. The minimum absolute atomic E-state index is 0.150. The van der Waals surface area contributed by atoms with Crippen LogP contribution in [-0.4, -0.2) is 24.4 Å². The highest BCUT2D eigenvalue weighted by Gasteiger charge is 2.47. The number of esters is 1. The molecule has 0 radical (unpaired) electrons. The number of hydrogen-bond donors (Lipinski definition) is 1. The average Bonchev–Trinajstić information content (AvgIpc) is 2.57. The Bertz CT molecular complexity index is 334. The van der Waals surface area contributed by atoms with Crippen molar-refractivity contribution in [2.24, 2.45) is 11.7 Å². The Balaban J connectivity index is 2.19. The summed E-state index contributed by atoms with van der Waals surface area (Å²) in [6.45, 7) is 0. The Morgan fingerprint density at radius 2 is 2.43 bits per heavy atom. The van der Waals surface area contributed by atoms with Gasteiger partial charge in [0, 0.05) is 6.42 Å². The van der Waals surface area contributed by atoms with Gasteiger partial charge in [-0.3, -0.25) is 9.59 Å². The van der Waals surface area contributed by atoms with E-state index in [0.29, 0.717) is 19.3 Å². The van der Waals surface area contributed by atoms with E-state index in [1.807, 2.05) is 0 Å². The fourth-order valence-corrected chi connectivity index (χ4v) is 2.39. The Kier molecular flexibility index (Phi) is 1.96. The lowest BCUT2D eigenvalue weighted by Crippen LogP contribution is -2.46. The zero-order valence-corrected chi connectivity index (χ0v) is 8.08. The first-order chi connectivity index (χ1) is 6.55. The molecule has 76 valence electrons. The van der Waals surface area contributed by atoms with Crippen LogP contribution in [-0.2, 0) is 14.3 Å². The maximum Gasteiger partial charge on any atom is 0.326 e. The third-order valence-corrected chi connectivity index (χ3v) is 3.04. The Hall–Kier alpha value is -1.16. The highest BCUT2D eigenvalue weighted by atomic mass is 16.5. The van der Waals surface area contributed by atoms with Crippen molar-refractivity contribution < 1.29 is 14.3 Å². The van der Waals surface area contributed by atoms with E-state index in [0.717, 1.165) is 5.57 Å². The van der Waals surface area contributed by atoms with Crippen molar-refractivity contribution in [3.63, 3.8) is 0 Å². The Morgan fingerprint density at radius 3 is 3.00 bits per heavy atom. The lowest BCUT2D eigenvalue weighted by molar-refractivity contribution is -0.147. The summed E-state index contributed by atoms with van der Waals surface area (Å²) in [5.41, 5.74) is 6.04. The van der Waals surface area contributed by atoms with Crippen molar-refractivity contribution >= 4 is 11.8 Å².